The molecule has 0 spiro atoms. The molecule has 1 N–H and O–H groups in total. The highest BCUT2D eigenvalue weighted by molar-refractivity contribution is 9.10. The first-order valence-electron chi connectivity index (χ1n) is 6.50. The fraction of sp³-hybridized carbons (Fsp3) is 0.500. The van der Waals surface area contributed by atoms with Gasteiger partial charge in [-0.1, -0.05) is 15.9 Å². The molecule has 3 nitrogen and oxygen atoms in total. The number of nitrogens with zero attached hydrogens (tertiary/aromatic N) is 1. The second kappa shape index (κ2) is 8.27. The molecule has 1 rings (SSSR count). The third-order valence-corrected chi connectivity index (χ3v) is 3.73. The van der Waals surface area contributed by atoms with E-state index in [4.69, 9.17) is 0 Å². The molecule has 0 fully saturated rings. The molecule has 19 heavy (non-hydrogen) atoms. The third-order valence-electron chi connectivity index (χ3n) is 2.96. The van der Waals surface area contributed by atoms with Crippen LogP contribution in [0.15, 0.2) is 22.7 Å². The van der Waals surface area contributed by atoms with Gasteiger partial charge in [0.05, 0.1) is 0 Å². The number of hydrogen-bond acceptors (Lipinski definition) is 2. The van der Waals surface area contributed by atoms with E-state index >= 15 is 0 Å². The largest absolute Gasteiger partial charge is 0.343 e. The summed E-state index contributed by atoms with van der Waals surface area (Å²) in [5, 5.41) is 3.16. The minimum absolute atomic E-state index is 0.149. The summed E-state index contributed by atoms with van der Waals surface area (Å²) in [7, 11) is 0. The average molecular weight is 331 g/mol. The summed E-state index contributed by atoms with van der Waals surface area (Å²) in [6.07, 6.45) is 0.467. The number of carbonyl (C=O) groups excluding carboxylic acids is 1. The zero-order chi connectivity index (χ0) is 14.3. The molecule has 1 aromatic rings. The van der Waals surface area contributed by atoms with Crippen LogP contribution in [0, 0.1) is 5.82 Å². The van der Waals surface area contributed by atoms with Crippen molar-refractivity contribution < 1.29 is 9.18 Å². The van der Waals surface area contributed by atoms with E-state index in [0.29, 0.717) is 19.5 Å². The van der Waals surface area contributed by atoms with Gasteiger partial charge in [-0.2, -0.15) is 0 Å². The first kappa shape index (κ1) is 16.1. The van der Waals surface area contributed by atoms with Gasteiger partial charge in [0, 0.05) is 37.1 Å². The van der Waals surface area contributed by atoms with Gasteiger partial charge in [0.15, 0.2) is 0 Å². The van der Waals surface area contributed by atoms with Crippen molar-refractivity contribution in [2.24, 2.45) is 0 Å². The van der Waals surface area contributed by atoms with E-state index in [1.807, 2.05) is 13.8 Å². The van der Waals surface area contributed by atoms with E-state index in [0.717, 1.165) is 23.1 Å². The van der Waals surface area contributed by atoms with Crippen LogP contribution in [0.5, 0.6) is 0 Å². The van der Waals surface area contributed by atoms with Crippen molar-refractivity contribution in [2.45, 2.75) is 26.8 Å². The number of amides is 1. The Bertz CT molecular complexity index is 422. The molecule has 1 amide bonds. The summed E-state index contributed by atoms with van der Waals surface area (Å²) in [6, 6.07) is 4.59. The zero-order valence-electron chi connectivity index (χ0n) is 11.4. The van der Waals surface area contributed by atoms with Crippen LogP contribution in [0.25, 0.3) is 0 Å². The van der Waals surface area contributed by atoms with Crippen molar-refractivity contribution in [2.75, 3.05) is 19.6 Å². The lowest BCUT2D eigenvalue weighted by atomic mass is 10.2. The van der Waals surface area contributed by atoms with Gasteiger partial charge in [-0.05, 0) is 37.6 Å². The molecule has 0 aliphatic rings. The van der Waals surface area contributed by atoms with Crippen LogP contribution < -0.4 is 5.32 Å². The van der Waals surface area contributed by atoms with E-state index < -0.39 is 0 Å². The van der Waals surface area contributed by atoms with Crippen molar-refractivity contribution in [3.8, 4) is 0 Å². The molecular weight excluding hydrogens is 311 g/mol. The molecule has 0 aliphatic heterocycles. The fourth-order valence-electron chi connectivity index (χ4n) is 1.83. The van der Waals surface area contributed by atoms with Gasteiger partial charge in [0.1, 0.15) is 5.82 Å². The van der Waals surface area contributed by atoms with E-state index in [1.54, 1.807) is 11.0 Å². The van der Waals surface area contributed by atoms with Gasteiger partial charge in [-0.15, -0.1) is 0 Å². The maximum Gasteiger partial charge on any atom is 0.223 e. The molecule has 0 saturated carbocycles. The molecular formula is C14H20BrFN2O. The van der Waals surface area contributed by atoms with Gasteiger partial charge in [0.2, 0.25) is 5.91 Å². The van der Waals surface area contributed by atoms with Crippen LogP contribution in [0.4, 0.5) is 4.39 Å². The zero-order valence-corrected chi connectivity index (χ0v) is 13.0. The molecule has 1 aromatic carbocycles. The second-order valence-electron chi connectivity index (χ2n) is 4.23. The van der Waals surface area contributed by atoms with E-state index in [2.05, 4.69) is 21.2 Å². The number of nitrogens with one attached hydrogen (secondary N) is 1. The topological polar surface area (TPSA) is 32.3 Å². The van der Waals surface area contributed by atoms with Crippen LogP contribution in [0.1, 0.15) is 25.8 Å². The highest BCUT2D eigenvalue weighted by Crippen LogP contribution is 2.17. The molecule has 0 saturated heterocycles. The Morgan fingerprint density at radius 2 is 2.05 bits per heavy atom. The van der Waals surface area contributed by atoms with Gasteiger partial charge in [-0.3, -0.25) is 4.79 Å². The molecule has 0 atom stereocenters. The fourth-order valence-corrected chi connectivity index (χ4v) is 2.22. The Hall–Kier alpha value is -0.940. The van der Waals surface area contributed by atoms with Gasteiger partial charge in [-0.25, -0.2) is 4.39 Å². The Morgan fingerprint density at radius 3 is 2.68 bits per heavy atom. The van der Waals surface area contributed by atoms with Crippen LogP contribution in [-0.4, -0.2) is 30.4 Å². The van der Waals surface area contributed by atoms with E-state index in [9.17, 15) is 9.18 Å². The van der Waals surface area contributed by atoms with Crippen molar-refractivity contribution in [1.29, 1.82) is 0 Å². The second-order valence-corrected chi connectivity index (χ2v) is 5.08. The number of hydrogen-bond donors (Lipinski definition) is 1. The van der Waals surface area contributed by atoms with Crippen molar-refractivity contribution >= 4 is 21.8 Å². The third kappa shape index (κ3) is 5.28. The molecule has 0 bridgehead atoms. The minimum atomic E-state index is -0.251. The Balaban J connectivity index is 2.35. The summed E-state index contributed by atoms with van der Waals surface area (Å²) in [4.78, 5) is 13.6. The number of carbonyl (C=O) groups is 1. The lowest BCUT2D eigenvalue weighted by Gasteiger charge is -2.18. The van der Waals surface area contributed by atoms with Crippen molar-refractivity contribution in [3.05, 3.63) is 34.1 Å². The van der Waals surface area contributed by atoms with Gasteiger partial charge in [0.25, 0.3) is 0 Å². The summed E-state index contributed by atoms with van der Waals surface area (Å²) in [6.45, 7) is 6.56. The SMILES string of the molecule is CCN(CC)C(=O)CCNCc1cc(F)ccc1Br. The maximum absolute atomic E-state index is 13.1. The molecule has 0 unspecified atom stereocenters. The lowest BCUT2D eigenvalue weighted by Crippen LogP contribution is -2.32. The monoisotopic (exact) mass is 330 g/mol. The quantitative estimate of drug-likeness (QED) is 0.779. The smallest absolute Gasteiger partial charge is 0.223 e. The molecule has 0 heterocycles. The summed E-state index contributed by atoms with van der Waals surface area (Å²) in [5.74, 6) is -0.102. The number of benzene rings is 1. The Labute approximate surface area is 122 Å². The average Bonchev–Trinajstić information content (AvgIpc) is 2.40. The standard InChI is InChI=1S/C14H20BrFN2O/c1-3-18(4-2)14(19)7-8-17-10-11-9-12(16)5-6-13(11)15/h5-6,9,17H,3-4,7-8,10H2,1-2H3. The highest BCUT2D eigenvalue weighted by Gasteiger charge is 2.08. The number of rotatable bonds is 7. The Morgan fingerprint density at radius 1 is 1.37 bits per heavy atom. The predicted molar refractivity (Wildman–Crippen MR) is 78.4 cm³/mol. The van der Waals surface area contributed by atoms with E-state index in [1.165, 1.54) is 12.1 Å². The van der Waals surface area contributed by atoms with Crippen molar-refractivity contribution in [1.82, 2.24) is 10.2 Å². The highest BCUT2D eigenvalue weighted by atomic mass is 79.9. The van der Waals surface area contributed by atoms with Crippen LogP contribution in [0.2, 0.25) is 0 Å². The van der Waals surface area contributed by atoms with E-state index in [-0.39, 0.29) is 11.7 Å². The molecule has 106 valence electrons. The number of halogens is 2. The van der Waals surface area contributed by atoms with Crippen molar-refractivity contribution in [3.63, 3.8) is 0 Å². The summed E-state index contributed by atoms with van der Waals surface area (Å²) < 4.78 is 13.9. The lowest BCUT2D eigenvalue weighted by molar-refractivity contribution is -0.130. The van der Waals surface area contributed by atoms with Gasteiger partial charge < -0.3 is 10.2 Å². The predicted octanol–water partition coefficient (Wildman–Crippen LogP) is 2.94. The minimum Gasteiger partial charge on any atom is -0.343 e. The first-order chi connectivity index (χ1) is 9.08. The molecule has 0 radical (unpaired) electrons. The first-order valence-corrected chi connectivity index (χ1v) is 7.30. The molecule has 0 aliphatic carbocycles. The van der Waals surface area contributed by atoms with Gasteiger partial charge >= 0.3 is 0 Å². The summed E-state index contributed by atoms with van der Waals surface area (Å²) in [5.41, 5.74) is 0.857. The Kier molecular flexibility index (Phi) is 7.02. The molecule has 0 aromatic heterocycles. The maximum atomic E-state index is 13.1. The van der Waals surface area contributed by atoms with Crippen LogP contribution >= 0.6 is 15.9 Å². The van der Waals surface area contributed by atoms with Crippen LogP contribution in [-0.2, 0) is 11.3 Å². The van der Waals surface area contributed by atoms with Crippen LogP contribution in [0.3, 0.4) is 0 Å². The normalized spacial score (nSPS) is 10.5. The molecule has 5 heteroatoms. The summed E-state index contributed by atoms with van der Waals surface area (Å²) >= 11 is 3.38.